The first-order valence-corrected chi connectivity index (χ1v) is 6.01. The number of thiophene rings is 1. The van der Waals surface area contributed by atoms with Gasteiger partial charge in [0, 0.05) is 6.42 Å². The average molecular weight is 257 g/mol. The summed E-state index contributed by atoms with van der Waals surface area (Å²) in [5.41, 5.74) is 0. The fourth-order valence-electron chi connectivity index (χ4n) is 1.77. The summed E-state index contributed by atoms with van der Waals surface area (Å²) < 4.78 is 31.0. The molecule has 3 rings (SSSR count). The van der Waals surface area contributed by atoms with Gasteiger partial charge in [0.05, 0.1) is 17.5 Å². The van der Waals surface area contributed by atoms with Crippen LogP contribution in [0.15, 0.2) is 22.0 Å². The average Bonchev–Trinajstić information content (AvgIpc) is 2.93. The molecule has 1 atom stereocenters. The first kappa shape index (κ1) is 10.8. The van der Waals surface area contributed by atoms with E-state index in [0.29, 0.717) is 5.82 Å². The van der Waals surface area contributed by atoms with Crippen LogP contribution >= 0.6 is 11.3 Å². The number of hydrogen-bond acceptors (Lipinski definition) is 5. The molecule has 1 aliphatic rings. The van der Waals surface area contributed by atoms with Crippen molar-refractivity contribution in [3.05, 3.63) is 23.4 Å². The van der Waals surface area contributed by atoms with Crippen LogP contribution in [0.1, 0.15) is 18.4 Å². The second kappa shape index (κ2) is 3.85. The Kier molecular flexibility index (Phi) is 2.44. The van der Waals surface area contributed by atoms with Gasteiger partial charge in [0.15, 0.2) is 0 Å². The van der Waals surface area contributed by atoms with Crippen molar-refractivity contribution in [2.75, 3.05) is 6.54 Å². The van der Waals surface area contributed by atoms with E-state index in [1.807, 2.05) is 17.5 Å². The van der Waals surface area contributed by atoms with E-state index in [1.54, 1.807) is 0 Å². The van der Waals surface area contributed by atoms with Crippen molar-refractivity contribution in [1.29, 1.82) is 0 Å². The highest BCUT2D eigenvalue weighted by atomic mass is 32.1. The third kappa shape index (κ3) is 2.07. The topological polar surface area (TPSA) is 51.0 Å². The van der Waals surface area contributed by atoms with Crippen LogP contribution in [0.3, 0.4) is 0 Å². The molecule has 17 heavy (non-hydrogen) atoms. The Morgan fingerprint density at radius 2 is 2.41 bits per heavy atom. The Morgan fingerprint density at radius 3 is 3.06 bits per heavy atom. The lowest BCUT2D eigenvalue weighted by Crippen LogP contribution is -2.19. The standard InChI is InChI=1S/C10H9F2N3OS/c11-10(12)4-6(13-5-10)9-14-8(15-16-9)7-2-1-3-17-7/h1-3,6,13H,4-5H2. The third-order valence-corrected chi connectivity index (χ3v) is 3.46. The normalized spacial score (nSPS) is 23.1. The molecule has 0 amide bonds. The highest BCUT2D eigenvalue weighted by Crippen LogP contribution is 2.34. The summed E-state index contributed by atoms with van der Waals surface area (Å²) in [5.74, 6) is -2.01. The van der Waals surface area contributed by atoms with Gasteiger partial charge in [-0.05, 0) is 11.4 Å². The van der Waals surface area contributed by atoms with Crippen LogP contribution < -0.4 is 5.32 Å². The van der Waals surface area contributed by atoms with E-state index in [-0.39, 0.29) is 18.9 Å². The van der Waals surface area contributed by atoms with E-state index in [4.69, 9.17) is 4.52 Å². The van der Waals surface area contributed by atoms with E-state index in [9.17, 15) is 8.78 Å². The summed E-state index contributed by atoms with van der Waals surface area (Å²) in [6.45, 7) is -0.339. The summed E-state index contributed by atoms with van der Waals surface area (Å²) in [6.07, 6.45) is -0.293. The van der Waals surface area contributed by atoms with Crippen LogP contribution in [-0.4, -0.2) is 22.6 Å². The Labute approximate surface area is 99.6 Å². The summed E-state index contributed by atoms with van der Waals surface area (Å²) in [4.78, 5) is 5.00. The lowest BCUT2D eigenvalue weighted by atomic mass is 10.2. The van der Waals surface area contributed by atoms with Gasteiger partial charge in [0.1, 0.15) is 0 Å². The molecule has 1 saturated heterocycles. The molecule has 0 aliphatic carbocycles. The van der Waals surface area contributed by atoms with Crippen LogP contribution in [0.4, 0.5) is 8.78 Å². The Hall–Kier alpha value is -1.34. The molecule has 1 unspecified atom stereocenters. The van der Waals surface area contributed by atoms with Gasteiger partial charge in [0.25, 0.3) is 5.92 Å². The monoisotopic (exact) mass is 257 g/mol. The maximum atomic E-state index is 13.0. The molecule has 1 N–H and O–H groups in total. The van der Waals surface area contributed by atoms with Crippen molar-refractivity contribution in [3.8, 4) is 10.7 Å². The zero-order chi connectivity index (χ0) is 11.9. The Bertz CT molecular complexity index is 511. The SMILES string of the molecule is FC1(F)CNC(c2nc(-c3cccs3)no2)C1. The third-order valence-electron chi connectivity index (χ3n) is 2.59. The van der Waals surface area contributed by atoms with Gasteiger partial charge in [-0.2, -0.15) is 4.98 Å². The molecule has 0 bridgehead atoms. The molecule has 90 valence electrons. The molecule has 2 aromatic rings. The molecule has 1 aliphatic heterocycles. The minimum Gasteiger partial charge on any atom is -0.337 e. The maximum Gasteiger partial charge on any atom is 0.262 e. The minimum absolute atomic E-state index is 0.227. The van der Waals surface area contributed by atoms with E-state index in [0.717, 1.165) is 4.88 Å². The van der Waals surface area contributed by atoms with Crippen molar-refractivity contribution in [1.82, 2.24) is 15.5 Å². The zero-order valence-corrected chi connectivity index (χ0v) is 9.51. The van der Waals surface area contributed by atoms with Gasteiger partial charge in [-0.3, -0.25) is 5.32 Å². The zero-order valence-electron chi connectivity index (χ0n) is 8.69. The molecule has 4 nitrogen and oxygen atoms in total. The minimum atomic E-state index is -2.69. The number of hydrogen-bond donors (Lipinski definition) is 1. The first-order valence-electron chi connectivity index (χ1n) is 5.13. The van der Waals surface area contributed by atoms with Crippen LogP contribution in [-0.2, 0) is 0 Å². The molecular weight excluding hydrogens is 248 g/mol. The van der Waals surface area contributed by atoms with E-state index >= 15 is 0 Å². The van der Waals surface area contributed by atoms with Crippen molar-refractivity contribution in [3.63, 3.8) is 0 Å². The summed E-state index contributed by atoms with van der Waals surface area (Å²) in [5, 5.41) is 8.37. The van der Waals surface area contributed by atoms with Crippen LogP contribution in [0.5, 0.6) is 0 Å². The van der Waals surface area contributed by atoms with Gasteiger partial charge in [-0.15, -0.1) is 11.3 Å². The molecule has 0 radical (unpaired) electrons. The van der Waals surface area contributed by atoms with Gasteiger partial charge in [-0.25, -0.2) is 8.78 Å². The predicted octanol–water partition coefficient (Wildman–Crippen LogP) is 2.47. The number of aromatic nitrogens is 2. The van der Waals surface area contributed by atoms with Crippen molar-refractivity contribution < 1.29 is 13.3 Å². The molecule has 2 aromatic heterocycles. The molecule has 1 fully saturated rings. The second-order valence-corrected chi connectivity index (χ2v) is 4.87. The summed E-state index contributed by atoms with van der Waals surface area (Å²) in [7, 11) is 0. The highest BCUT2D eigenvalue weighted by molar-refractivity contribution is 7.13. The highest BCUT2D eigenvalue weighted by Gasteiger charge is 2.42. The predicted molar refractivity (Wildman–Crippen MR) is 57.9 cm³/mol. The van der Waals surface area contributed by atoms with Crippen molar-refractivity contribution in [2.24, 2.45) is 0 Å². The van der Waals surface area contributed by atoms with Crippen LogP contribution in [0.2, 0.25) is 0 Å². The van der Waals surface area contributed by atoms with Crippen molar-refractivity contribution >= 4 is 11.3 Å². The fraction of sp³-hybridized carbons (Fsp3) is 0.400. The van der Waals surface area contributed by atoms with E-state index in [1.165, 1.54) is 11.3 Å². The summed E-state index contributed by atoms with van der Waals surface area (Å²) in [6, 6.07) is 3.18. The maximum absolute atomic E-state index is 13.0. The van der Waals surface area contributed by atoms with E-state index < -0.39 is 12.0 Å². The number of alkyl halides is 2. The lowest BCUT2D eigenvalue weighted by Gasteiger charge is -2.04. The Balaban J connectivity index is 1.82. The van der Waals surface area contributed by atoms with Crippen molar-refractivity contribution in [2.45, 2.75) is 18.4 Å². The van der Waals surface area contributed by atoms with Crippen LogP contribution in [0, 0.1) is 0 Å². The molecule has 3 heterocycles. The number of rotatable bonds is 2. The first-order chi connectivity index (χ1) is 8.14. The number of halogens is 2. The quantitative estimate of drug-likeness (QED) is 0.898. The lowest BCUT2D eigenvalue weighted by molar-refractivity contribution is 0.0200. The smallest absolute Gasteiger partial charge is 0.262 e. The molecule has 0 saturated carbocycles. The molecule has 0 spiro atoms. The number of nitrogens with zero attached hydrogens (tertiary/aromatic N) is 2. The van der Waals surface area contributed by atoms with Gasteiger partial charge in [-0.1, -0.05) is 11.2 Å². The van der Waals surface area contributed by atoms with Gasteiger partial charge in [0.2, 0.25) is 11.7 Å². The van der Waals surface area contributed by atoms with Crippen LogP contribution in [0.25, 0.3) is 10.7 Å². The van der Waals surface area contributed by atoms with Gasteiger partial charge >= 0.3 is 0 Å². The van der Waals surface area contributed by atoms with Gasteiger partial charge < -0.3 is 4.52 Å². The molecule has 0 aromatic carbocycles. The Morgan fingerprint density at radius 1 is 1.53 bits per heavy atom. The van der Waals surface area contributed by atoms with E-state index in [2.05, 4.69) is 15.5 Å². The fourth-order valence-corrected chi connectivity index (χ4v) is 2.42. The number of nitrogens with one attached hydrogen (secondary N) is 1. The summed E-state index contributed by atoms with van der Waals surface area (Å²) >= 11 is 1.48. The second-order valence-electron chi connectivity index (χ2n) is 3.93. The molecule has 7 heteroatoms. The molecular formula is C10H9F2N3OS. The largest absolute Gasteiger partial charge is 0.337 e.